The quantitative estimate of drug-likeness (QED) is 0.763. The Hall–Kier alpha value is -2.89. The Kier molecular flexibility index (Phi) is 3.29. The van der Waals surface area contributed by atoms with Crippen LogP contribution >= 0.6 is 0 Å². The summed E-state index contributed by atoms with van der Waals surface area (Å²) in [7, 11) is 0. The van der Waals surface area contributed by atoms with Gasteiger partial charge in [0, 0.05) is 23.4 Å². The fraction of sp³-hybridized carbons (Fsp3) is 0.188. The van der Waals surface area contributed by atoms with Gasteiger partial charge in [-0.15, -0.1) is 0 Å². The molecule has 0 radical (unpaired) electrons. The van der Waals surface area contributed by atoms with Gasteiger partial charge < -0.3 is 5.73 Å². The highest BCUT2D eigenvalue weighted by molar-refractivity contribution is 5.99. The number of aryl methyl sites for hydroxylation is 2. The van der Waals surface area contributed by atoms with Gasteiger partial charge in [-0.25, -0.2) is 9.50 Å². The van der Waals surface area contributed by atoms with Crippen LogP contribution in [-0.4, -0.2) is 20.5 Å². The molecule has 0 aliphatic carbocycles. The summed E-state index contributed by atoms with van der Waals surface area (Å²) in [4.78, 5) is 28.6. The number of hydrogen-bond acceptors (Lipinski definition) is 3. The first kappa shape index (κ1) is 14.1. The average molecular weight is 296 g/mol. The molecule has 3 rings (SSSR count). The first-order valence-corrected chi connectivity index (χ1v) is 6.93. The van der Waals surface area contributed by atoms with E-state index in [4.69, 9.17) is 5.73 Å². The molecule has 0 saturated heterocycles. The molecule has 6 heteroatoms. The van der Waals surface area contributed by atoms with Crippen LogP contribution in [0.25, 0.3) is 5.65 Å². The van der Waals surface area contributed by atoms with Crippen molar-refractivity contribution < 1.29 is 4.79 Å². The predicted octanol–water partition coefficient (Wildman–Crippen LogP) is 1.33. The van der Waals surface area contributed by atoms with Gasteiger partial charge >= 0.3 is 0 Å². The number of aromatic amines is 1. The summed E-state index contributed by atoms with van der Waals surface area (Å²) in [5.41, 5.74) is 8.47. The maximum Gasteiger partial charge on any atom is 0.276 e. The lowest BCUT2D eigenvalue weighted by atomic mass is 10.1. The van der Waals surface area contributed by atoms with E-state index in [1.54, 1.807) is 13.8 Å². The van der Waals surface area contributed by atoms with E-state index < -0.39 is 5.91 Å². The van der Waals surface area contributed by atoms with E-state index in [0.717, 1.165) is 5.56 Å². The van der Waals surface area contributed by atoms with Crippen molar-refractivity contribution in [3.05, 3.63) is 68.8 Å². The van der Waals surface area contributed by atoms with E-state index in [1.807, 2.05) is 30.3 Å². The molecule has 0 saturated carbocycles. The molecule has 0 aliphatic heterocycles. The van der Waals surface area contributed by atoms with Crippen molar-refractivity contribution in [2.75, 3.05) is 0 Å². The van der Waals surface area contributed by atoms with Crippen LogP contribution in [0.15, 0.2) is 35.1 Å². The van der Waals surface area contributed by atoms with Crippen LogP contribution in [0.5, 0.6) is 0 Å². The highest BCUT2D eigenvalue weighted by atomic mass is 16.1. The first-order chi connectivity index (χ1) is 10.5. The van der Waals surface area contributed by atoms with Crippen molar-refractivity contribution in [2.45, 2.75) is 20.3 Å². The number of primary amides is 1. The Labute approximate surface area is 126 Å². The standard InChI is InChI=1S/C16H16N4O2/c1-9-12(8-11-6-4-3-5-7-11)16(22)20-15(18-9)13(14(17)21)10(2)19-20/h3-7,19H,8H2,1-2H3,(H2,17,21). The number of rotatable bonds is 3. The Morgan fingerprint density at radius 1 is 1.27 bits per heavy atom. The predicted molar refractivity (Wildman–Crippen MR) is 83.1 cm³/mol. The lowest BCUT2D eigenvalue weighted by Crippen LogP contribution is -2.23. The highest BCUT2D eigenvalue weighted by Gasteiger charge is 2.19. The number of carbonyl (C=O) groups is 1. The van der Waals surface area contributed by atoms with Gasteiger partial charge in [-0.1, -0.05) is 30.3 Å². The van der Waals surface area contributed by atoms with Crippen LogP contribution < -0.4 is 11.3 Å². The number of nitrogens with one attached hydrogen (secondary N) is 1. The zero-order chi connectivity index (χ0) is 15.9. The van der Waals surface area contributed by atoms with Crippen molar-refractivity contribution in [1.29, 1.82) is 0 Å². The van der Waals surface area contributed by atoms with Crippen LogP contribution in [0.1, 0.15) is 32.9 Å². The van der Waals surface area contributed by atoms with Gasteiger partial charge in [0.25, 0.3) is 11.5 Å². The van der Waals surface area contributed by atoms with E-state index in [2.05, 4.69) is 10.1 Å². The average Bonchev–Trinajstić information content (AvgIpc) is 2.81. The van der Waals surface area contributed by atoms with Crippen molar-refractivity contribution in [3.63, 3.8) is 0 Å². The fourth-order valence-corrected chi connectivity index (χ4v) is 2.62. The molecular formula is C16H16N4O2. The van der Waals surface area contributed by atoms with E-state index >= 15 is 0 Å². The second-order valence-corrected chi connectivity index (χ2v) is 5.28. The van der Waals surface area contributed by atoms with Gasteiger partial charge in [-0.2, -0.15) is 0 Å². The first-order valence-electron chi connectivity index (χ1n) is 6.93. The largest absolute Gasteiger partial charge is 0.365 e. The summed E-state index contributed by atoms with van der Waals surface area (Å²) in [6, 6.07) is 9.71. The molecule has 2 heterocycles. The summed E-state index contributed by atoms with van der Waals surface area (Å²) >= 11 is 0. The molecule has 3 aromatic rings. The maximum absolute atomic E-state index is 12.7. The molecule has 0 unspecified atom stereocenters. The molecule has 0 atom stereocenters. The van der Waals surface area contributed by atoms with Gasteiger partial charge in [-0.3, -0.25) is 14.7 Å². The van der Waals surface area contributed by atoms with E-state index in [-0.39, 0.29) is 16.8 Å². The fourth-order valence-electron chi connectivity index (χ4n) is 2.62. The number of aromatic nitrogens is 3. The van der Waals surface area contributed by atoms with E-state index in [0.29, 0.717) is 23.4 Å². The molecule has 112 valence electrons. The van der Waals surface area contributed by atoms with Gasteiger partial charge in [-0.05, 0) is 19.4 Å². The van der Waals surface area contributed by atoms with Crippen LogP contribution in [0.2, 0.25) is 0 Å². The summed E-state index contributed by atoms with van der Waals surface area (Å²) < 4.78 is 1.29. The molecule has 6 nitrogen and oxygen atoms in total. The topological polar surface area (TPSA) is 93.2 Å². The van der Waals surface area contributed by atoms with Crippen LogP contribution in [0, 0.1) is 13.8 Å². The summed E-state index contributed by atoms with van der Waals surface area (Å²) in [6.45, 7) is 3.47. The number of amides is 1. The molecule has 0 fully saturated rings. The lowest BCUT2D eigenvalue weighted by molar-refractivity contribution is 0.100. The van der Waals surface area contributed by atoms with E-state index in [1.165, 1.54) is 4.52 Å². The lowest BCUT2D eigenvalue weighted by Gasteiger charge is -2.06. The van der Waals surface area contributed by atoms with Crippen LogP contribution in [-0.2, 0) is 6.42 Å². The Balaban J connectivity index is 2.22. The third-order valence-corrected chi connectivity index (χ3v) is 3.73. The number of hydrogen-bond donors (Lipinski definition) is 2. The smallest absolute Gasteiger partial charge is 0.276 e. The number of carbonyl (C=O) groups excluding carboxylic acids is 1. The van der Waals surface area contributed by atoms with Crippen LogP contribution in [0.3, 0.4) is 0 Å². The minimum atomic E-state index is -0.599. The Bertz CT molecular complexity index is 923. The van der Waals surface area contributed by atoms with Gasteiger partial charge in [0.1, 0.15) is 5.56 Å². The van der Waals surface area contributed by atoms with Crippen molar-refractivity contribution in [3.8, 4) is 0 Å². The third kappa shape index (κ3) is 2.18. The molecular weight excluding hydrogens is 280 g/mol. The second-order valence-electron chi connectivity index (χ2n) is 5.28. The van der Waals surface area contributed by atoms with Crippen molar-refractivity contribution >= 4 is 11.6 Å². The second kappa shape index (κ2) is 5.14. The molecule has 1 amide bonds. The van der Waals surface area contributed by atoms with E-state index in [9.17, 15) is 9.59 Å². The SMILES string of the molecule is Cc1nc2c(C(N)=O)c(C)[nH]n2c(=O)c1Cc1ccccc1. The molecule has 0 aliphatic rings. The molecule has 1 aromatic carbocycles. The zero-order valence-electron chi connectivity index (χ0n) is 12.4. The normalized spacial score (nSPS) is 11.0. The summed E-state index contributed by atoms with van der Waals surface area (Å²) in [5, 5.41) is 2.87. The Morgan fingerprint density at radius 3 is 2.59 bits per heavy atom. The zero-order valence-corrected chi connectivity index (χ0v) is 12.4. The van der Waals surface area contributed by atoms with Gasteiger partial charge in [0.15, 0.2) is 5.65 Å². The number of nitrogens with two attached hydrogens (primary N) is 1. The summed E-state index contributed by atoms with van der Waals surface area (Å²) in [6.07, 6.45) is 0.491. The molecule has 0 bridgehead atoms. The minimum absolute atomic E-state index is 0.207. The molecule has 22 heavy (non-hydrogen) atoms. The van der Waals surface area contributed by atoms with Crippen LogP contribution in [0.4, 0.5) is 0 Å². The minimum Gasteiger partial charge on any atom is -0.365 e. The molecule has 0 spiro atoms. The third-order valence-electron chi connectivity index (χ3n) is 3.73. The van der Waals surface area contributed by atoms with Crippen molar-refractivity contribution in [1.82, 2.24) is 14.6 Å². The van der Waals surface area contributed by atoms with Gasteiger partial charge in [0.05, 0.1) is 0 Å². The highest BCUT2D eigenvalue weighted by Crippen LogP contribution is 2.14. The molecule has 3 N–H and O–H groups in total. The van der Waals surface area contributed by atoms with Crippen molar-refractivity contribution in [2.24, 2.45) is 5.73 Å². The number of nitrogens with zero attached hydrogens (tertiary/aromatic N) is 2. The number of fused-ring (bicyclic) bond motifs is 1. The summed E-state index contributed by atoms with van der Waals surface area (Å²) in [5.74, 6) is -0.599. The number of benzene rings is 1. The van der Waals surface area contributed by atoms with Gasteiger partial charge in [0.2, 0.25) is 0 Å². The maximum atomic E-state index is 12.7. The monoisotopic (exact) mass is 296 g/mol. The molecule has 2 aromatic heterocycles. The Morgan fingerprint density at radius 2 is 1.95 bits per heavy atom. The number of H-pyrrole nitrogens is 1.